The van der Waals surface area contributed by atoms with Crippen LogP contribution in [0, 0.1) is 6.92 Å². The minimum Gasteiger partial charge on any atom is -0.472 e. The Morgan fingerprint density at radius 3 is 2.48 bits per heavy atom. The van der Waals surface area contributed by atoms with E-state index in [2.05, 4.69) is 20.8 Å². The molecule has 0 radical (unpaired) electrons. The van der Waals surface area contributed by atoms with Crippen LogP contribution in [0.15, 0.2) is 76.0 Å². The van der Waals surface area contributed by atoms with E-state index in [1.54, 1.807) is 30.3 Å². The number of nitrogens with zero attached hydrogens (tertiary/aromatic N) is 2. The van der Waals surface area contributed by atoms with E-state index < -0.39 is 0 Å². The summed E-state index contributed by atoms with van der Waals surface area (Å²) in [7, 11) is 0. The van der Waals surface area contributed by atoms with Crippen LogP contribution in [0.2, 0.25) is 0 Å². The minimum absolute atomic E-state index is 0.182. The molecule has 4 rings (SSSR count). The van der Waals surface area contributed by atoms with Crippen LogP contribution < -0.4 is 10.6 Å². The normalized spacial score (nSPS) is 10.6. The Morgan fingerprint density at radius 2 is 1.74 bits per heavy atom. The van der Waals surface area contributed by atoms with Crippen molar-refractivity contribution in [1.82, 2.24) is 10.2 Å². The Kier molecular flexibility index (Phi) is 5.89. The zero-order valence-corrected chi connectivity index (χ0v) is 16.8. The zero-order chi connectivity index (χ0) is 21.6. The second kappa shape index (κ2) is 9.08. The fourth-order valence-corrected chi connectivity index (χ4v) is 2.88. The number of benzene rings is 2. The molecule has 2 N–H and O–H groups in total. The molecule has 0 spiro atoms. The summed E-state index contributed by atoms with van der Waals surface area (Å²) in [6, 6.07) is 16.2. The standard InChI is InChI=1S/C23H20N4O4/c1-15-5-7-16(8-6-15)23-27-26-21(31-23)10-9-20(28)24-18-3-2-4-19(13-18)25-22(29)17-11-12-30-14-17/h2-8,11-14H,9-10H2,1H3,(H,24,28)(H,25,29). The number of furan rings is 1. The first-order valence-electron chi connectivity index (χ1n) is 9.70. The fourth-order valence-electron chi connectivity index (χ4n) is 2.88. The smallest absolute Gasteiger partial charge is 0.258 e. The maximum absolute atomic E-state index is 12.3. The van der Waals surface area contributed by atoms with Crippen molar-refractivity contribution in [1.29, 1.82) is 0 Å². The van der Waals surface area contributed by atoms with E-state index >= 15 is 0 Å². The molecule has 156 valence electrons. The summed E-state index contributed by atoms with van der Waals surface area (Å²) in [5.74, 6) is 0.328. The number of aromatic nitrogens is 2. The van der Waals surface area contributed by atoms with Crippen LogP contribution in [0.1, 0.15) is 28.2 Å². The first-order valence-corrected chi connectivity index (χ1v) is 9.70. The molecular weight excluding hydrogens is 396 g/mol. The van der Waals surface area contributed by atoms with Gasteiger partial charge in [-0.2, -0.15) is 0 Å². The van der Waals surface area contributed by atoms with E-state index in [4.69, 9.17) is 8.83 Å². The van der Waals surface area contributed by atoms with Gasteiger partial charge in [0, 0.05) is 29.8 Å². The molecule has 31 heavy (non-hydrogen) atoms. The molecule has 0 bridgehead atoms. The Labute approximate surface area is 178 Å². The molecule has 0 aliphatic heterocycles. The van der Waals surface area contributed by atoms with Gasteiger partial charge < -0.3 is 19.5 Å². The average Bonchev–Trinajstić information content (AvgIpc) is 3.46. The van der Waals surface area contributed by atoms with Gasteiger partial charge in [-0.3, -0.25) is 9.59 Å². The summed E-state index contributed by atoms with van der Waals surface area (Å²) in [5.41, 5.74) is 3.52. The lowest BCUT2D eigenvalue weighted by Gasteiger charge is -2.08. The number of carbonyl (C=O) groups excluding carboxylic acids is 2. The summed E-state index contributed by atoms with van der Waals surface area (Å²) < 4.78 is 10.6. The molecule has 2 heterocycles. The highest BCUT2D eigenvalue weighted by molar-refractivity contribution is 6.04. The lowest BCUT2D eigenvalue weighted by Crippen LogP contribution is -2.14. The predicted molar refractivity (Wildman–Crippen MR) is 115 cm³/mol. The van der Waals surface area contributed by atoms with Gasteiger partial charge in [0.25, 0.3) is 5.91 Å². The number of anilines is 2. The number of carbonyl (C=O) groups is 2. The number of aryl methyl sites for hydroxylation is 2. The van der Waals surface area contributed by atoms with Crippen LogP contribution in [0.25, 0.3) is 11.5 Å². The summed E-state index contributed by atoms with van der Waals surface area (Å²) in [6.07, 6.45) is 3.30. The third kappa shape index (κ3) is 5.24. The molecule has 0 unspecified atom stereocenters. The minimum atomic E-state index is -0.294. The van der Waals surface area contributed by atoms with Crippen molar-refractivity contribution in [2.45, 2.75) is 19.8 Å². The fraction of sp³-hybridized carbons (Fsp3) is 0.130. The van der Waals surface area contributed by atoms with Crippen molar-refractivity contribution in [3.63, 3.8) is 0 Å². The van der Waals surface area contributed by atoms with Gasteiger partial charge in [0.2, 0.25) is 17.7 Å². The Morgan fingerprint density at radius 1 is 0.968 bits per heavy atom. The largest absolute Gasteiger partial charge is 0.472 e. The van der Waals surface area contributed by atoms with E-state index in [9.17, 15) is 9.59 Å². The first kappa shape index (κ1) is 20.1. The van der Waals surface area contributed by atoms with Crippen molar-refractivity contribution in [3.05, 3.63) is 84.1 Å². The van der Waals surface area contributed by atoms with Gasteiger partial charge in [0.05, 0.1) is 11.8 Å². The quantitative estimate of drug-likeness (QED) is 0.460. The molecule has 0 saturated carbocycles. The highest BCUT2D eigenvalue weighted by atomic mass is 16.4. The third-order valence-corrected chi connectivity index (χ3v) is 4.52. The molecule has 2 amide bonds. The summed E-state index contributed by atoms with van der Waals surface area (Å²) in [5, 5.41) is 13.6. The van der Waals surface area contributed by atoms with Gasteiger partial charge >= 0.3 is 0 Å². The topological polar surface area (TPSA) is 110 Å². The predicted octanol–water partition coefficient (Wildman–Crippen LogP) is 4.46. The summed E-state index contributed by atoms with van der Waals surface area (Å²) in [6.45, 7) is 2.00. The molecule has 0 saturated heterocycles. The van der Waals surface area contributed by atoms with Crippen molar-refractivity contribution in [3.8, 4) is 11.5 Å². The Balaban J connectivity index is 1.31. The van der Waals surface area contributed by atoms with Crippen LogP contribution >= 0.6 is 0 Å². The van der Waals surface area contributed by atoms with Crippen LogP contribution in [0.5, 0.6) is 0 Å². The second-order valence-electron chi connectivity index (χ2n) is 6.96. The van der Waals surface area contributed by atoms with E-state index in [1.807, 2.05) is 31.2 Å². The third-order valence-electron chi connectivity index (χ3n) is 4.52. The molecule has 0 atom stereocenters. The SMILES string of the molecule is Cc1ccc(-c2nnc(CCC(=O)Nc3cccc(NC(=O)c4ccoc4)c3)o2)cc1. The van der Waals surface area contributed by atoms with Gasteiger partial charge in [0.15, 0.2) is 0 Å². The number of hydrogen-bond donors (Lipinski definition) is 2. The molecule has 2 aromatic carbocycles. The number of rotatable bonds is 7. The van der Waals surface area contributed by atoms with E-state index in [-0.39, 0.29) is 18.2 Å². The highest BCUT2D eigenvalue weighted by Gasteiger charge is 2.12. The lowest BCUT2D eigenvalue weighted by molar-refractivity contribution is -0.116. The number of amides is 2. The van der Waals surface area contributed by atoms with Gasteiger partial charge in [-0.1, -0.05) is 23.8 Å². The van der Waals surface area contributed by atoms with Gasteiger partial charge in [-0.05, 0) is 43.3 Å². The van der Waals surface area contributed by atoms with Crippen LogP contribution in [-0.4, -0.2) is 22.0 Å². The van der Waals surface area contributed by atoms with Crippen LogP contribution in [0.3, 0.4) is 0 Å². The van der Waals surface area contributed by atoms with E-state index in [0.29, 0.717) is 35.1 Å². The molecule has 0 aliphatic carbocycles. The molecule has 0 fully saturated rings. The van der Waals surface area contributed by atoms with Gasteiger partial charge in [-0.15, -0.1) is 10.2 Å². The molecular formula is C23H20N4O4. The van der Waals surface area contributed by atoms with E-state index in [1.165, 1.54) is 12.5 Å². The summed E-state index contributed by atoms with van der Waals surface area (Å²) >= 11 is 0. The van der Waals surface area contributed by atoms with Gasteiger partial charge in [-0.25, -0.2) is 0 Å². The molecule has 8 nitrogen and oxygen atoms in total. The van der Waals surface area contributed by atoms with Crippen molar-refractivity contribution < 1.29 is 18.4 Å². The van der Waals surface area contributed by atoms with Crippen LogP contribution in [0.4, 0.5) is 11.4 Å². The second-order valence-corrected chi connectivity index (χ2v) is 6.96. The van der Waals surface area contributed by atoms with Gasteiger partial charge in [0.1, 0.15) is 6.26 Å². The maximum Gasteiger partial charge on any atom is 0.258 e. The highest BCUT2D eigenvalue weighted by Crippen LogP contribution is 2.20. The first-order chi connectivity index (χ1) is 15.1. The number of hydrogen-bond acceptors (Lipinski definition) is 6. The van der Waals surface area contributed by atoms with Crippen molar-refractivity contribution >= 4 is 23.2 Å². The summed E-state index contributed by atoms with van der Waals surface area (Å²) in [4.78, 5) is 24.4. The number of nitrogens with one attached hydrogen (secondary N) is 2. The van der Waals surface area contributed by atoms with Crippen molar-refractivity contribution in [2.24, 2.45) is 0 Å². The van der Waals surface area contributed by atoms with E-state index in [0.717, 1.165) is 11.1 Å². The zero-order valence-electron chi connectivity index (χ0n) is 16.8. The Hall–Kier alpha value is -4.20. The molecule has 4 aromatic rings. The van der Waals surface area contributed by atoms with Crippen molar-refractivity contribution in [2.75, 3.05) is 10.6 Å². The molecule has 2 aromatic heterocycles. The molecule has 8 heteroatoms. The Bertz CT molecular complexity index is 1180. The molecule has 0 aliphatic rings. The monoisotopic (exact) mass is 416 g/mol. The van der Waals surface area contributed by atoms with Crippen LogP contribution in [-0.2, 0) is 11.2 Å². The average molecular weight is 416 g/mol. The maximum atomic E-state index is 12.3. The lowest BCUT2D eigenvalue weighted by atomic mass is 10.1.